The third-order valence-corrected chi connectivity index (χ3v) is 8.50. The largest absolute Gasteiger partial charge is 0.487 e. The molecule has 3 N–H and O–H groups in total. The molecule has 0 saturated heterocycles. The molecule has 2 aliphatic rings. The van der Waals surface area contributed by atoms with Crippen LogP contribution in [-0.4, -0.2) is 77.2 Å². The van der Waals surface area contributed by atoms with E-state index in [-0.39, 0.29) is 35.0 Å². The van der Waals surface area contributed by atoms with Crippen LogP contribution in [0, 0.1) is 5.92 Å². The van der Waals surface area contributed by atoms with Crippen LogP contribution >= 0.6 is 11.8 Å². The van der Waals surface area contributed by atoms with Crippen molar-refractivity contribution in [1.29, 1.82) is 0 Å². The first-order valence-corrected chi connectivity index (χ1v) is 14.6. The molecule has 0 bridgehead atoms. The van der Waals surface area contributed by atoms with E-state index < -0.39 is 18.1 Å². The molecule has 2 aliphatic heterocycles. The topological polar surface area (TPSA) is 113 Å². The first-order valence-electron chi connectivity index (χ1n) is 13.7. The predicted molar refractivity (Wildman–Crippen MR) is 151 cm³/mol. The number of rotatable bonds is 4. The molecule has 0 spiro atoms. The van der Waals surface area contributed by atoms with Gasteiger partial charge in [0.15, 0.2) is 0 Å². The lowest BCUT2D eigenvalue weighted by Gasteiger charge is -2.33. The van der Waals surface area contributed by atoms with Crippen molar-refractivity contribution in [2.24, 2.45) is 5.92 Å². The summed E-state index contributed by atoms with van der Waals surface area (Å²) >= 11 is 1.68. The van der Waals surface area contributed by atoms with Crippen molar-refractivity contribution >= 4 is 29.5 Å². The maximum Gasteiger partial charge on any atom is 0.243 e. The minimum atomic E-state index is -0.731. The number of aryl methyl sites for hydroxylation is 1. The van der Waals surface area contributed by atoms with Crippen molar-refractivity contribution in [3.8, 4) is 5.75 Å². The lowest BCUT2D eigenvalue weighted by molar-refractivity contribution is -0.141. The molecule has 0 radical (unpaired) electrons. The molecular formula is C28H43N5O4S. The fourth-order valence-corrected chi connectivity index (χ4v) is 5.55. The summed E-state index contributed by atoms with van der Waals surface area (Å²) in [4.78, 5) is 46.0. The molecule has 2 unspecified atom stereocenters. The molecule has 210 valence electrons. The fourth-order valence-electron chi connectivity index (χ4n) is 4.58. The lowest BCUT2D eigenvalue weighted by atomic mass is 9.97. The molecule has 0 fully saturated rings. The second-order valence-electron chi connectivity index (χ2n) is 10.3. The van der Waals surface area contributed by atoms with Crippen LogP contribution in [-0.2, 0) is 20.8 Å². The second kappa shape index (κ2) is 14.5. The quantitative estimate of drug-likeness (QED) is 0.533. The maximum atomic E-state index is 13.6. The van der Waals surface area contributed by atoms with Crippen LogP contribution < -0.4 is 20.7 Å². The lowest BCUT2D eigenvalue weighted by Crippen LogP contribution is -2.57. The number of nitrogens with one attached hydrogen (secondary N) is 3. The van der Waals surface area contributed by atoms with Crippen LogP contribution in [0.3, 0.4) is 0 Å². The van der Waals surface area contributed by atoms with Gasteiger partial charge in [0.25, 0.3) is 0 Å². The Morgan fingerprint density at radius 3 is 2.74 bits per heavy atom. The van der Waals surface area contributed by atoms with Crippen LogP contribution in [0.2, 0.25) is 0 Å². The molecule has 3 amide bonds. The van der Waals surface area contributed by atoms with Gasteiger partial charge in [-0.2, -0.15) is 0 Å². The summed E-state index contributed by atoms with van der Waals surface area (Å²) in [6.07, 6.45) is 7.14. The zero-order valence-electron chi connectivity index (χ0n) is 23.2. The summed E-state index contributed by atoms with van der Waals surface area (Å²) in [7, 11) is 1.65. The Morgan fingerprint density at radius 1 is 1.24 bits per heavy atom. The number of aromatic nitrogens is 1. The Bertz CT molecular complexity index is 982. The number of carbonyl (C=O) groups is 3. The van der Waals surface area contributed by atoms with Gasteiger partial charge >= 0.3 is 0 Å². The van der Waals surface area contributed by atoms with Gasteiger partial charge in [0, 0.05) is 31.6 Å². The SMILES string of the molecule is CCC(C)[C@@H]1NC[C@@H](C)Oc2cccnc2CCCNC(=O)[C@@H](CC2CC=CS2)NC(=O)[C@@H](C)N(C)C1=O. The van der Waals surface area contributed by atoms with E-state index in [1.54, 1.807) is 31.9 Å². The number of fused-ring (bicyclic) bond motifs is 1. The number of likely N-dealkylation sites (N-methyl/N-ethyl adjacent to an activating group) is 1. The smallest absolute Gasteiger partial charge is 0.243 e. The summed E-state index contributed by atoms with van der Waals surface area (Å²) in [5.41, 5.74) is 0.830. The Balaban J connectivity index is 1.84. The van der Waals surface area contributed by atoms with Crippen LogP contribution in [0.1, 0.15) is 59.1 Å². The third-order valence-electron chi connectivity index (χ3n) is 7.38. The number of amides is 3. The summed E-state index contributed by atoms with van der Waals surface area (Å²) in [6.45, 7) is 8.66. The fraction of sp³-hybridized carbons (Fsp3) is 0.643. The monoisotopic (exact) mass is 545 g/mol. The first-order chi connectivity index (χ1) is 18.2. The average molecular weight is 546 g/mol. The number of nitrogens with zero attached hydrogens (tertiary/aromatic N) is 2. The molecule has 6 atom stereocenters. The summed E-state index contributed by atoms with van der Waals surface area (Å²) in [6, 6.07) is 1.87. The Kier molecular flexibility index (Phi) is 11.5. The second-order valence-corrected chi connectivity index (χ2v) is 11.5. The summed E-state index contributed by atoms with van der Waals surface area (Å²) in [5, 5.41) is 11.6. The van der Waals surface area contributed by atoms with Crippen molar-refractivity contribution in [3.63, 3.8) is 0 Å². The van der Waals surface area contributed by atoms with E-state index in [0.29, 0.717) is 38.1 Å². The summed E-state index contributed by atoms with van der Waals surface area (Å²) in [5.74, 6) is 0.0582. The number of hydrogen-bond donors (Lipinski definition) is 3. The van der Waals surface area contributed by atoms with Gasteiger partial charge in [-0.25, -0.2) is 0 Å². The Labute approximate surface area is 230 Å². The molecule has 1 aromatic heterocycles. The average Bonchev–Trinajstić information content (AvgIpc) is 3.43. The normalized spacial score (nSPS) is 28.9. The third kappa shape index (κ3) is 8.20. The van der Waals surface area contributed by atoms with Gasteiger partial charge in [-0.05, 0) is 63.0 Å². The van der Waals surface area contributed by atoms with Gasteiger partial charge in [-0.1, -0.05) is 26.3 Å². The highest BCUT2D eigenvalue weighted by molar-refractivity contribution is 8.03. The van der Waals surface area contributed by atoms with Crippen molar-refractivity contribution < 1.29 is 19.1 Å². The zero-order chi connectivity index (χ0) is 27.7. The van der Waals surface area contributed by atoms with Crippen molar-refractivity contribution in [1.82, 2.24) is 25.8 Å². The number of hydrogen-bond acceptors (Lipinski definition) is 7. The number of thioether (sulfide) groups is 1. The van der Waals surface area contributed by atoms with Crippen LogP contribution in [0.25, 0.3) is 0 Å². The molecule has 0 saturated carbocycles. The van der Waals surface area contributed by atoms with E-state index in [1.807, 2.05) is 38.3 Å². The zero-order valence-corrected chi connectivity index (χ0v) is 24.1. The molecule has 3 rings (SSSR count). The molecular weight excluding hydrogens is 502 g/mol. The van der Waals surface area contributed by atoms with Crippen molar-refractivity contribution in [2.75, 3.05) is 20.1 Å². The number of allylic oxidation sites excluding steroid dienone is 1. The van der Waals surface area contributed by atoms with E-state index in [9.17, 15) is 14.4 Å². The van der Waals surface area contributed by atoms with E-state index in [1.165, 1.54) is 4.90 Å². The highest BCUT2D eigenvalue weighted by atomic mass is 32.2. The highest BCUT2D eigenvalue weighted by Crippen LogP contribution is 2.28. The minimum absolute atomic E-state index is 0.0531. The van der Waals surface area contributed by atoms with Gasteiger partial charge in [0.05, 0.1) is 11.7 Å². The maximum absolute atomic E-state index is 13.6. The summed E-state index contributed by atoms with van der Waals surface area (Å²) < 4.78 is 6.21. The molecule has 0 aromatic carbocycles. The van der Waals surface area contributed by atoms with Crippen molar-refractivity contribution in [2.45, 2.75) is 89.3 Å². The highest BCUT2D eigenvalue weighted by Gasteiger charge is 2.33. The Hall–Kier alpha value is -2.59. The van der Waals surface area contributed by atoms with E-state index in [4.69, 9.17) is 4.74 Å². The van der Waals surface area contributed by atoms with Gasteiger partial charge in [-0.15, -0.1) is 11.8 Å². The van der Waals surface area contributed by atoms with Gasteiger partial charge < -0.3 is 25.6 Å². The van der Waals surface area contributed by atoms with E-state index in [0.717, 1.165) is 18.5 Å². The number of pyridine rings is 1. The van der Waals surface area contributed by atoms with Gasteiger partial charge in [0.2, 0.25) is 17.7 Å². The standard InChI is InChI=1S/C28H43N5O4S/c1-6-18(2)25-28(36)33(5)20(4)26(34)32-23(16-21-10-9-15-38-21)27(35)30-14-7-11-22-24(12-8-13-29-22)37-19(3)17-31-25/h8-9,12-13,15,18-21,23,25,31H,6-7,10-11,14,16-17H2,1-5H3,(H,30,35)(H,32,34)/t18?,19-,20-,21?,23-,25+/m1/s1. The predicted octanol–water partition coefficient (Wildman–Crippen LogP) is 2.66. The van der Waals surface area contributed by atoms with Crippen LogP contribution in [0.4, 0.5) is 0 Å². The molecule has 1 aromatic rings. The van der Waals surface area contributed by atoms with E-state index >= 15 is 0 Å². The van der Waals surface area contributed by atoms with Crippen LogP contribution in [0.5, 0.6) is 5.75 Å². The molecule has 9 nitrogen and oxygen atoms in total. The molecule has 0 aliphatic carbocycles. The first kappa shape index (κ1) is 30.0. The number of carbonyl (C=O) groups excluding carboxylic acids is 3. The Morgan fingerprint density at radius 2 is 2.03 bits per heavy atom. The van der Waals surface area contributed by atoms with Gasteiger partial charge in [-0.3, -0.25) is 19.4 Å². The molecule has 38 heavy (non-hydrogen) atoms. The minimum Gasteiger partial charge on any atom is -0.487 e. The van der Waals surface area contributed by atoms with Crippen molar-refractivity contribution in [3.05, 3.63) is 35.5 Å². The molecule has 3 heterocycles. The van der Waals surface area contributed by atoms with Crippen LogP contribution in [0.15, 0.2) is 29.8 Å². The molecule has 10 heteroatoms. The number of ether oxygens (including phenoxy) is 1. The van der Waals surface area contributed by atoms with Gasteiger partial charge in [0.1, 0.15) is 23.9 Å². The van der Waals surface area contributed by atoms with E-state index in [2.05, 4.69) is 27.0 Å².